The second kappa shape index (κ2) is 8.36. The Labute approximate surface area is 153 Å². The molecule has 1 aliphatic heterocycles. The SMILES string of the molecule is CSc1ccc2cc(CN(C)CC(C)N3CCOCC3)c(=O)[nH]c2c1. The third-order valence-corrected chi connectivity index (χ3v) is 5.54. The van der Waals surface area contributed by atoms with E-state index >= 15 is 0 Å². The molecule has 2 heterocycles. The first kappa shape index (κ1) is 18.5. The van der Waals surface area contributed by atoms with Crippen molar-refractivity contribution in [1.82, 2.24) is 14.8 Å². The summed E-state index contributed by atoms with van der Waals surface area (Å²) in [5, 5.41) is 1.09. The fourth-order valence-corrected chi connectivity index (χ4v) is 3.85. The number of thioether (sulfide) groups is 1. The van der Waals surface area contributed by atoms with Gasteiger partial charge in [-0.3, -0.25) is 9.69 Å². The first-order valence-corrected chi connectivity index (χ1v) is 9.99. The second-order valence-corrected chi connectivity index (χ2v) is 7.65. The lowest BCUT2D eigenvalue weighted by Crippen LogP contribution is -2.46. The van der Waals surface area contributed by atoms with Crippen LogP contribution in [0.3, 0.4) is 0 Å². The number of H-pyrrole nitrogens is 1. The molecule has 6 heteroatoms. The highest BCUT2D eigenvalue weighted by Gasteiger charge is 2.18. The van der Waals surface area contributed by atoms with Crippen LogP contribution in [0.1, 0.15) is 12.5 Å². The van der Waals surface area contributed by atoms with Gasteiger partial charge in [-0.2, -0.15) is 0 Å². The van der Waals surface area contributed by atoms with E-state index in [0.717, 1.165) is 54.2 Å². The van der Waals surface area contributed by atoms with Gasteiger partial charge >= 0.3 is 0 Å². The van der Waals surface area contributed by atoms with Gasteiger partial charge in [0.2, 0.25) is 0 Å². The van der Waals surface area contributed by atoms with Crippen LogP contribution in [-0.4, -0.2) is 67.0 Å². The summed E-state index contributed by atoms with van der Waals surface area (Å²) in [6.45, 7) is 7.45. The van der Waals surface area contributed by atoms with Gasteiger partial charge in [0, 0.05) is 48.2 Å². The molecule has 0 bridgehead atoms. The van der Waals surface area contributed by atoms with Gasteiger partial charge in [-0.05, 0) is 43.8 Å². The Morgan fingerprint density at radius 3 is 2.80 bits per heavy atom. The van der Waals surface area contributed by atoms with Gasteiger partial charge < -0.3 is 14.6 Å². The molecule has 2 aromatic rings. The number of fused-ring (bicyclic) bond motifs is 1. The minimum Gasteiger partial charge on any atom is -0.379 e. The van der Waals surface area contributed by atoms with Crippen LogP contribution in [0, 0.1) is 0 Å². The number of ether oxygens (including phenoxy) is 1. The number of hydrogen-bond acceptors (Lipinski definition) is 5. The normalized spacial score (nSPS) is 17.3. The van der Waals surface area contributed by atoms with Crippen LogP contribution in [0.4, 0.5) is 0 Å². The Morgan fingerprint density at radius 1 is 1.32 bits per heavy atom. The molecule has 1 unspecified atom stereocenters. The summed E-state index contributed by atoms with van der Waals surface area (Å²) in [5.41, 5.74) is 1.74. The van der Waals surface area contributed by atoms with Gasteiger partial charge in [0.05, 0.1) is 13.2 Å². The molecular formula is C19H27N3O2S. The molecule has 1 saturated heterocycles. The summed E-state index contributed by atoms with van der Waals surface area (Å²) in [6.07, 6.45) is 2.04. The summed E-state index contributed by atoms with van der Waals surface area (Å²) in [4.78, 5) is 21.3. The number of morpholine rings is 1. The summed E-state index contributed by atoms with van der Waals surface area (Å²) >= 11 is 1.68. The van der Waals surface area contributed by atoms with Crippen molar-refractivity contribution >= 4 is 22.7 Å². The van der Waals surface area contributed by atoms with Crippen molar-refractivity contribution < 1.29 is 4.74 Å². The van der Waals surface area contributed by atoms with E-state index < -0.39 is 0 Å². The molecule has 25 heavy (non-hydrogen) atoms. The molecule has 1 aromatic carbocycles. The van der Waals surface area contributed by atoms with Crippen molar-refractivity contribution in [2.75, 3.05) is 46.2 Å². The van der Waals surface area contributed by atoms with E-state index in [4.69, 9.17) is 4.74 Å². The Kier molecular flexibility index (Phi) is 6.17. The molecule has 136 valence electrons. The van der Waals surface area contributed by atoms with E-state index in [1.54, 1.807) is 11.8 Å². The van der Waals surface area contributed by atoms with Crippen LogP contribution in [0.2, 0.25) is 0 Å². The third kappa shape index (κ3) is 4.64. The zero-order valence-corrected chi connectivity index (χ0v) is 16.1. The predicted octanol–water partition coefficient (Wildman–Crippen LogP) is 2.40. The molecule has 0 radical (unpaired) electrons. The Hall–Kier alpha value is -1.34. The van der Waals surface area contributed by atoms with E-state index in [0.29, 0.717) is 12.6 Å². The number of nitrogens with zero attached hydrogens (tertiary/aromatic N) is 2. The first-order valence-electron chi connectivity index (χ1n) is 8.77. The fourth-order valence-electron chi connectivity index (χ4n) is 3.41. The number of aromatic nitrogens is 1. The standard InChI is InChI=1S/C19H27N3O2S/c1-14(22-6-8-24-9-7-22)12-21(2)13-16-10-15-4-5-17(25-3)11-18(15)20-19(16)23/h4-5,10-11,14H,6-9,12-13H2,1-3H3,(H,20,23). The van der Waals surface area contributed by atoms with Crippen LogP contribution >= 0.6 is 11.8 Å². The maximum absolute atomic E-state index is 12.4. The van der Waals surface area contributed by atoms with Gasteiger partial charge in [0.15, 0.2) is 0 Å². The molecule has 3 rings (SSSR count). The molecule has 5 nitrogen and oxygen atoms in total. The summed E-state index contributed by atoms with van der Waals surface area (Å²) in [5.74, 6) is 0. The molecule has 1 fully saturated rings. The minimum atomic E-state index is 0.0108. The molecule has 1 aliphatic rings. The lowest BCUT2D eigenvalue weighted by Gasteiger charge is -2.34. The minimum absolute atomic E-state index is 0.0108. The predicted molar refractivity (Wildman–Crippen MR) is 105 cm³/mol. The van der Waals surface area contributed by atoms with Crippen molar-refractivity contribution in [3.05, 3.63) is 40.2 Å². The van der Waals surface area contributed by atoms with Crippen molar-refractivity contribution in [2.45, 2.75) is 24.4 Å². The lowest BCUT2D eigenvalue weighted by atomic mass is 10.1. The van der Waals surface area contributed by atoms with Gasteiger partial charge in [0.25, 0.3) is 5.56 Å². The number of nitrogens with one attached hydrogen (secondary N) is 1. The largest absolute Gasteiger partial charge is 0.379 e. The van der Waals surface area contributed by atoms with E-state index in [1.165, 1.54) is 0 Å². The quantitative estimate of drug-likeness (QED) is 0.801. The number of benzene rings is 1. The maximum Gasteiger partial charge on any atom is 0.252 e. The van der Waals surface area contributed by atoms with Gasteiger partial charge in [-0.15, -0.1) is 11.8 Å². The van der Waals surface area contributed by atoms with Crippen molar-refractivity contribution in [3.8, 4) is 0 Å². The zero-order chi connectivity index (χ0) is 17.8. The van der Waals surface area contributed by atoms with E-state index in [1.807, 2.05) is 18.4 Å². The van der Waals surface area contributed by atoms with Crippen molar-refractivity contribution in [1.29, 1.82) is 0 Å². The smallest absolute Gasteiger partial charge is 0.252 e. The van der Waals surface area contributed by atoms with Crippen LogP contribution < -0.4 is 5.56 Å². The van der Waals surface area contributed by atoms with Crippen LogP contribution in [-0.2, 0) is 11.3 Å². The number of aromatic amines is 1. The number of pyridine rings is 1. The Morgan fingerprint density at radius 2 is 2.08 bits per heavy atom. The Bertz CT molecular complexity index is 771. The van der Waals surface area contributed by atoms with E-state index in [2.05, 4.69) is 40.9 Å². The molecule has 0 spiro atoms. The Balaban J connectivity index is 1.69. The maximum atomic E-state index is 12.4. The topological polar surface area (TPSA) is 48.6 Å². The first-order chi connectivity index (χ1) is 12.1. The molecule has 1 N–H and O–H groups in total. The molecule has 1 aromatic heterocycles. The van der Waals surface area contributed by atoms with Gasteiger partial charge in [-0.1, -0.05) is 6.07 Å². The monoisotopic (exact) mass is 361 g/mol. The highest BCUT2D eigenvalue weighted by molar-refractivity contribution is 7.98. The summed E-state index contributed by atoms with van der Waals surface area (Å²) in [7, 11) is 2.08. The van der Waals surface area contributed by atoms with Crippen LogP contribution in [0.5, 0.6) is 0 Å². The van der Waals surface area contributed by atoms with E-state index in [-0.39, 0.29) is 5.56 Å². The summed E-state index contributed by atoms with van der Waals surface area (Å²) < 4.78 is 5.42. The van der Waals surface area contributed by atoms with Crippen LogP contribution in [0.15, 0.2) is 34.0 Å². The number of hydrogen-bond donors (Lipinski definition) is 1. The highest BCUT2D eigenvalue weighted by atomic mass is 32.2. The molecule has 1 atom stereocenters. The highest BCUT2D eigenvalue weighted by Crippen LogP contribution is 2.20. The van der Waals surface area contributed by atoms with Gasteiger partial charge in [-0.25, -0.2) is 0 Å². The van der Waals surface area contributed by atoms with Crippen molar-refractivity contribution in [2.24, 2.45) is 0 Å². The average Bonchev–Trinajstić information content (AvgIpc) is 2.62. The second-order valence-electron chi connectivity index (χ2n) is 6.77. The van der Waals surface area contributed by atoms with Crippen molar-refractivity contribution in [3.63, 3.8) is 0 Å². The zero-order valence-electron chi connectivity index (χ0n) is 15.2. The number of rotatable bonds is 6. The molecule has 0 saturated carbocycles. The molecule has 0 aliphatic carbocycles. The summed E-state index contributed by atoms with van der Waals surface area (Å²) in [6, 6.07) is 8.69. The number of likely N-dealkylation sites (N-methyl/N-ethyl adjacent to an activating group) is 1. The lowest BCUT2D eigenvalue weighted by molar-refractivity contribution is 0.0137. The van der Waals surface area contributed by atoms with Gasteiger partial charge in [0.1, 0.15) is 0 Å². The molecule has 0 amide bonds. The average molecular weight is 362 g/mol. The fraction of sp³-hybridized carbons (Fsp3) is 0.526. The molecular weight excluding hydrogens is 334 g/mol. The van der Waals surface area contributed by atoms with Crippen LogP contribution in [0.25, 0.3) is 10.9 Å². The van der Waals surface area contributed by atoms with E-state index in [9.17, 15) is 4.79 Å². The third-order valence-electron chi connectivity index (χ3n) is 4.82.